The van der Waals surface area contributed by atoms with Gasteiger partial charge in [0.15, 0.2) is 0 Å². The molecule has 1 saturated heterocycles. The lowest BCUT2D eigenvalue weighted by Gasteiger charge is -2.35. The smallest absolute Gasteiger partial charge is 0.0693 e. The summed E-state index contributed by atoms with van der Waals surface area (Å²) in [6, 6.07) is 8.96. The van der Waals surface area contributed by atoms with Crippen LogP contribution in [0.3, 0.4) is 0 Å². The summed E-state index contributed by atoms with van der Waals surface area (Å²) < 4.78 is 1.12. The molecule has 118 valence electrons. The summed E-state index contributed by atoms with van der Waals surface area (Å²) in [6.45, 7) is 8.24. The number of halogens is 1. The molecular weight excluding hydrogens is 328 g/mol. The van der Waals surface area contributed by atoms with Crippen molar-refractivity contribution in [2.24, 2.45) is 5.92 Å². The van der Waals surface area contributed by atoms with E-state index in [9.17, 15) is 5.11 Å². The molecule has 0 saturated carbocycles. The molecule has 0 amide bonds. The largest absolute Gasteiger partial charge is 0.392 e. The monoisotopic (exact) mass is 354 g/mol. The average molecular weight is 355 g/mol. The van der Waals surface area contributed by atoms with Crippen LogP contribution in [-0.2, 0) is 0 Å². The molecule has 0 bridgehead atoms. The van der Waals surface area contributed by atoms with E-state index < -0.39 is 0 Å². The second kappa shape index (κ2) is 8.28. The highest BCUT2D eigenvalue weighted by Gasteiger charge is 2.24. The Balaban J connectivity index is 1.89. The molecule has 1 fully saturated rings. The molecule has 2 rings (SSSR count). The fraction of sp³-hybridized carbons (Fsp3) is 0.647. The van der Waals surface area contributed by atoms with Crippen molar-refractivity contribution >= 4 is 15.9 Å². The lowest BCUT2D eigenvalue weighted by atomic mass is 9.95. The number of aliphatic hydroxyl groups excluding tert-OH is 1. The Kier molecular flexibility index (Phi) is 6.68. The Morgan fingerprint density at radius 1 is 1.38 bits per heavy atom. The van der Waals surface area contributed by atoms with E-state index in [0.29, 0.717) is 12.0 Å². The molecule has 1 aliphatic rings. The number of benzene rings is 1. The van der Waals surface area contributed by atoms with Gasteiger partial charge in [-0.1, -0.05) is 41.9 Å². The van der Waals surface area contributed by atoms with Gasteiger partial charge in [-0.25, -0.2) is 0 Å². The number of piperidine rings is 1. The Morgan fingerprint density at radius 2 is 2.10 bits per heavy atom. The molecule has 3 unspecified atom stereocenters. The van der Waals surface area contributed by atoms with Crippen molar-refractivity contribution in [3.8, 4) is 0 Å². The fourth-order valence-electron chi connectivity index (χ4n) is 2.96. The third-order valence-electron chi connectivity index (χ3n) is 4.46. The van der Waals surface area contributed by atoms with Crippen LogP contribution in [0.4, 0.5) is 0 Å². The van der Waals surface area contributed by atoms with Gasteiger partial charge in [0.2, 0.25) is 0 Å². The predicted molar refractivity (Wildman–Crippen MR) is 91.4 cm³/mol. The van der Waals surface area contributed by atoms with Crippen LogP contribution in [-0.4, -0.2) is 42.3 Å². The summed E-state index contributed by atoms with van der Waals surface area (Å²) in [4.78, 5) is 2.40. The maximum Gasteiger partial charge on any atom is 0.0693 e. The van der Waals surface area contributed by atoms with Crippen LogP contribution in [0.2, 0.25) is 0 Å². The highest BCUT2D eigenvalue weighted by Crippen LogP contribution is 2.22. The number of rotatable bonds is 6. The van der Waals surface area contributed by atoms with Gasteiger partial charge in [-0.3, -0.25) is 0 Å². The molecule has 0 aromatic heterocycles. The lowest BCUT2D eigenvalue weighted by molar-refractivity contribution is 0.0278. The summed E-state index contributed by atoms with van der Waals surface area (Å²) in [7, 11) is 0. The standard InChI is InChI=1S/C17H27BrN2O/c1-3-19-16(14-4-6-15(18)7-5-14)9-11-20-10-8-13(2)17(21)12-20/h4-7,13,16-17,19,21H,3,8-12H2,1-2H3. The normalized spacial score (nSPS) is 25.0. The predicted octanol–water partition coefficient (Wildman–Crippen LogP) is 3.19. The van der Waals surface area contributed by atoms with Gasteiger partial charge in [-0.15, -0.1) is 0 Å². The van der Waals surface area contributed by atoms with Crippen LogP contribution >= 0.6 is 15.9 Å². The molecule has 3 atom stereocenters. The fourth-order valence-corrected chi connectivity index (χ4v) is 3.22. The molecule has 1 aromatic carbocycles. The van der Waals surface area contributed by atoms with E-state index in [2.05, 4.69) is 64.3 Å². The highest BCUT2D eigenvalue weighted by atomic mass is 79.9. The zero-order valence-corrected chi connectivity index (χ0v) is 14.6. The van der Waals surface area contributed by atoms with Crippen LogP contribution in [0.25, 0.3) is 0 Å². The quantitative estimate of drug-likeness (QED) is 0.823. The van der Waals surface area contributed by atoms with Crippen LogP contribution in [0.15, 0.2) is 28.7 Å². The zero-order chi connectivity index (χ0) is 15.2. The van der Waals surface area contributed by atoms with E-state index >= 15 is 0 Å². The minimum absolute atomic E-state index is 0.163. The van der Waals surface area contributed by atoms with Crippen molar-refractivity contribution in [1.29, 1.82) is 0 Å². The number of hydrogen-bond acceptors (Lipinski definition) is 3. The van der Waals surface area contributed by atoms with Gasteiger partial charge in [0.25, 0.3) is 0 Å². The van der Waals surface area contributed by atoms with Crippen molar-refractivity contribution in [3.63, 3.8) is 0 Å². The van der Waals surface area contributed by atoms with E-state index in [1.807, 2.05) is 0 Å². The number of likely N-dealkylation sites (tertiary alicyclic amines) is 1. The van der Waals surface area contributed by atoms with Gasteiger partial charge in [0, 0.05) is 23.6 Å². The summed E-state index contributed by atoms with van der Waals surface area (Å²) in [5, 5.41) is 13.6. The van der Waals surface area contributed by atoms with E-state index in [-0.39, 0.29) is 6.10 Å². The highest BCUT2D eigenvalue weighted by molar-refractivity contribution is 9.10. The molecular formula is C17H27BrN2O. The molecule has 0 spiro atoms. The number of aliphatic hydroxyl groups is 1. The van der Waals surface area contributed by atoms with E-state index in [1.54, 1.807) is 0 Å². The van der Waals surface area contributed by atoms with Gasteiger partial charge in [0.1, 0.15) is 0 Å². The van der Waals surface area contributed by atoms with Crippen molar-refractivity contribution in [3.05, 3.63) is 34.3 Å². The Morgan fingerprint density at radius 3 is 2.71 bits per heavy atom. The molecule has 1 heterocycles. The molecule has 3 nitrogen and oxygen atoms in total. The summed E-state index contributed by atoms with van der Waals surface area (Å²) in [5.41, 5.74) is 1.34. The minimum atomic E-state index is -0.163. The molecule has 2 N–H and O–H groups in total. The zero-order valence-electron chi connectivity index (χ0n) is 13.1. The Hall–Kier alpha value is -0.420. The maximum atomic E-state index is 10.0. The van der Waals surface area contributed by atoms with E-state index in [1.165, 1.54) is 5.56 Å². The maximum absolute atomic E-state index is 10.0. The second-order valence-electron chi connectivity index (χ2n) is 6.08. The molecule has 0 radical (unpaired) electrons. The van der Waals surface area contributed by atoms with Crippen LogP contribution in [0.5, 0.6) is 0 Å². The summed E-state index contributed by atoms with van der Waals surface area (Å²) >= 11 is 3.49. The van der Waals surface area contributed by atoms with Crippen LogP contribution < -0.4 is 5.32 Å². The second-order valence-corrected chi connectivity index (χ2v) is 7.00. The number of β-amino-alcohol motifs (C(OH)–C–C–N with tert-alkyl or cyclic N) is 1. The Bertz CT molecular complexity index is 423. The average Bonchev–Trinajstić information content (AvgIpc) is 2.48. The van der Waals surface area contributed by atoms with Gasteiger partial charge in [0.05, 0.1) is 6.10 Å². The number of nitrogens with one attached hydrogen (secondary N) is 1. The van der Waals surface area contributed by atoms with Crippen molar-refractivity contribution in [1.82, 2.24) is 10.2 Å². The molecule has 0 aliphatic carbocycles. The number of hydrogen-bond donors (Lipinski definition) is 2. The van der Waals surface area contributed by atoms with E-state index in [4.69, 9.17) is 0 Å². The first kappa shape index (κ1) is 16.9. The first-order valence-corrected chi connectivity index (χ1v) is 8.78. The van der Waals surface area contributed by atoms with Crippen LogP contribution in [0, 0.1) is 5.92 Å². The SMILES string of the molecule is CCNC(CCN1CCC(C)C(O)C1)c1ccc(Br)cc1. The van der Waals surface area contributed by atoms with Gasteiger partial charge in [-0.2, -0.15) is 0 Å². The van der Waals surface area contributed by atoms with Crippen molar-refractivity contribution in [2.75, 3.05) is 26.2 Å². The third-order valence-corrected chi connectivity index (χ3v) is 4.99. The summed E-state index contributed by atoms with van der Waals surface area (Å²) in [5.74, 6) is 0.442. The number of nitrogens with zero attached hydrogens (tertiary/aromatic N) is 1. The van der Waals surface area contributed by atoms with E-state index in [0.717, 1.165) is 43.5 Å². The topological polar surface area (TPSA) is 35.5 Å². The molecule has 1 aromatic rings. The molecule has 4 heteroatoms. The van der Waals surface area contributed by atoms with Crippen molar-refractivity contribution < 1.29 is 5.11 Å². The summed E-state index contributed by atoms with van der Waals surface area (Å²) in [6.07, 6.45) is 2.02. The molecule has 21 heavy (non-hydrogen) atoms. The Labute approximate surface area is 136 Å². The first-order chi connectivity index (χ1) is 10.1. The van der Waals surface area contributed by atoms with Gasteiger partial charge >= 0.3 is 0 Å². The van der Waals surface area contributed by atoms with Crippen LogP contribution in [0.1, 0.15) is 38.3 Å². The lowest BCUT2D eigenvalue weighted by Crippen LogP contribution is -2.43. The minimum Gasteiger partial charge on any atom is -0.392 e. The van der Waals surface area contributed by atoms with Gasteiger partial charge in [-0.05, 0) is 49.5 Å². The van der Waals surface area contributed by atoms with Crippen molar-refractivity contribution in [2.45, 2.75) is 38.8 Å². The third kappa shape index (κ3) is 5.06. The van der Waals surface area contributed by atoms with Gasteiger partial charge < -0.3 is 15.3 Å². The first-order valence-electron chi connectivity index (χ1n) is 7.99. The molecule has 1 aliphatic heterocycles.